The van der Waals surface area contributed by atoms with Crippen LogP contribution in [0.5, 0.6) is 0 Å². The average Bonchev–Trinajstić information content (AvgIpc) is 2.52. The number of benzene rings is 2. The van der Waals surface area contributed by atoms with Crippen LogP contribution >= 0.6 is 0 Å². The highest BCUT2D eigenvalue weighted by atomic mass is 19.1. The summed E-state index contributed by atoms with van der Waals surface area (Å²) in [5.41, 5.74) is 1.81. The van der Waals surface area contributed by atoms with Crippen LogP contribution in [0.2, 0.25) is 0 Å². The predicted octanol–water partition coefficient (Wildman–Crippen LogP) is 2.67. The molecule has 0 saturated heterocycles. The smallest absolute Gasteiger partial charge is 0.251 e. The highest BCUT2D eigenvalue weighted by Gasteiger charge is 2.10. The Morgan fingerprint density at radius 3 is 1.88 bits per heavy atom. The van der Waals surface area contributed by atoms with Crippen LogP contribution in [-0.2, 0) is 16.1 Å². The lowest BCUT2D eigenvalue weighted by molar-refractivity contribution is -0.115. The van der Waals surface area contributed by atoms with Crippen molar-refractivity contribution in [3.63, 3.8) is 0 Å². The molecular weight excluding hydrogens is 325 g/mol. The fraction of sp³-hybridized carbons (Fsp3) is 0.167. The lowest BCUT2D eigenvalue weighted by Gasteiger charge is -2.11. The second-order valence-corrected chi connectivity index (χ2v) is 5.47. The zero-order valence-electron chi connectivity index (χ0n) is 13.9. The molecule has 3 N–H and O–H groups in total. The Hall–Kier alpha value is -3.22. The third-order valence-electron chi connectivity index (χ3n) is 3.20. The van der Waals surface area contributed by atoms with Gasteiger partial charge in [-0.1, -0.05) is 12.1 Å². The maximum absolute atomic E-state index is 12.9. The van der Waals surface area contributed by atoms with E-state index >= 15 is 0 Å². The highest BCUT2D eigenvalue weighted by Crippen LogP contribution is 2.19. The van der Waals surface area contributed by atoms with E-state index in [1.807, 2.05) is 0 Å². The Bertz CT molecular complexity index is 769. The predicted molar refractivity (Wildman–Crippen MR) is 92.6 cm³/mol. The van der Waals surface area contributed by atoms with Gasteiger partial charge in [0.2, 0.25) is 11.8 Å². The second-order valence-electron chi connectivity index (χ2n) is 5.47. The highest BCUT2D eigenvalue weighted by molar-refractivity contribution is 5.99. The van der Waals surface area contributed by atoms with E-state index in [1.54, 1.807) is 18.2 Å². The maximum Gasteiger partial charge on any atom is 0.251 e. The second kappa shape index (κ2) is 8.05. The van der Waals surface area contributed by atoms with Gasteiger partial charge in [0.25, 0.3) is 5.91 Å². The van der Waals surface area contributed by atoms with Crippen LogP contribution < -0.4 is 16.0 Å². The van der Waals surface area contributed by atoms with Crippen molar-refractivity contribution >= 4 is 29.1 Å². The number of hydrogen-bond donors (Lipinski definition) is 3. The van der Waals surface area contributed by atoms with Crippen LogP contribution in [0.15, 0.2) is 42.5 Å². The molecule has 0 fully saturated rings. The summed E-state index contributed by atoms with van der Waals surface area (Å²) in [7, 11) is 0. The van der Waals surface area contributed by atoms with Gasteiger partial charge in [0.05, 0.1) is 0 Å². The van der Waals surface area contributed by atoms with E-state index in [-0.39, 0.29) is 35.6 Å². The molecule has 130 valence electrons. The minimum Gasteiger partial charge on any atom is -0.348 e. The summed E-state index contributed by atoms with van der Waals surface area (Å²) in [4.78, 5) is 34.8. The number of carbonyl (C=O) groups is 3. The minimum absolute atomic E-state index is 0.221. The van der Waals surface area contributed by atoms with Gasteiger partial charge in [-0.15, -0.1) is 0 Å². The zero-order chi connectivity index (χ0) is 18.4. The molecule has 0 aliphatic heterocycles. The molecule has 0 heterocycles. The molecule has 2 rings (SSSR count). The first-order valence-corrected chi connectivity index (χ1v) is 7.56. The molecule has 0 saturated carbocycles. The van der Waals surface area contributed by atoms with Gasteiger partial charge in [-0.05, 0) is 35.9 Å². The van der Waals surface area contributed by atoms with Crippen molar-refractivity contribution in [1.82, 2.24) is 5.32 Å². The Morgan fingerprint density at radius 1 is 0.880 bits per heavy atom. The van der Waals surface area contributed by atoms with Crippen molar-refractivity contribution < 1.29 is 18.8 Å². The summed E-state index contributed by atoms with van der Waals surface area (Å²) in [5.74, 6) is -1.32. The van der Waals surface area contributed by atoms with E-state index in [2.05, 4.69) is 16.0 Å². The van der Waals surface area contributed by atoms with E-state index < -0.39 is 0 Å². The molecule has 0 aliphatic rings. The standard InChI is InChI=1S/C18H18FN3O3/c1-11(23)21-16-7-14(8-17(9-16)22-12(2)24)18(25)20-10-13-3-5-15(19)6-4-13/h3-9H,10H2,1-2H3,(H,20,25)(H,21,23)(H,22,24). The molecule has 7 heteroatoms. The van der Waals surface area contributed by atoms with E-state index in [4.69, 9.17) is 0 Å². The summed E-state index contributed by atoms with van der Waals surface area (Å²) >= 11 is 0. The van der Waals surface area contributed by atoms with Gasteiger partial charge in [0.1, 0.15) is 5.82 Å². The molecule has 0 aliphatic carbocycles. The Morgan fingerprint density at radius 2 is 1.40 bits per heavy atom. The van der Waals surface area contributed by atoms with Crippen LogP contribution in [-0.4, -0.2) is 17.7 Å². The van der Waals surface area contributed by atoms with Gasteiger partial charge < -0.3 is 16.0 Å². The average molecular weight is 343 g/mol. The van der Waals surface area contributed by atoms with Crippen molar-refractivity contribution in [2.45, 2.75) is 20.4 Å². The van der Waals surface area contributed by atoms with Crippen LogP contribution in [0, 0.1) is 5.82 Å². The maximum atomic E-state index is 12.9. The van der Waals surface area contributed by atoms with Gasteiger partial charge in [-0.25, -0.2) is 4.39 Å². The van der Waals surface area contributed by atoms with Gasteiger partial charge in [-0.3, -0.25) is 14.4 Å². The molecule has 2 aromatic carbocycles. The molecule has 0 radical (unpaired) electrons. The van der Waals surface area contributed by atoms with Gasteiger partial charge in [0, 0.05) is 37.3 Å². The van der Waals surface area contributed by atoms with Crippen molar-refractivity contribution in [3.05, 3.63) is 59.4 Å². The number of nitrogens with one attached hydrogen (secondary N) is 3. The Kier molecular flexibility index (Phi) is 5.84. The van der Waals surface area contributed by atoms with E-state index in [0.717, 1.165) is 5.56 Å². The molecule has 25 heavy (non-hydrogen) atoms. The largest absolute Gasteiger partial charge is 0.348 e. The minimum atomic E-state index is -0.386. The molecule has 0 atom stereocenters. The molecule has 0 spiro atoms. The number of halogens is 1. The van der Waals surface area contributed by atoms with Crippen molar-refractivity contribution in [1.29, 1.82) is 0 Å². The van der Waals surface area contributed by atoms with Crippen molar-refractivity contribution in [2.75, 3.05) is 10.6 Å². The third kappa shape index (κ3) is 5.72. The Labute approximate surface area is 144 Å². The first-order valence-electron chi connectivity index (χ1n) is 7.56. The number of hydrogen-bond acceptors (Lipinski definition) is 3. The van der Waals surface area contributed by atoms with Gasteiger partial charge >= 0.3 is 0 Å². The lowest BCUT2D eigenvalue weighted by Crippen LogP contribution is -2.23. The zero-order valence-corrected chi connectivity index (χ0v) is 13.9. The fourth-order valence-corrected chi connectivity index (χ4v) is 2.20. The normalized spacial score (nSPS) is 10.0. The summed E-state index contributed by atoms with van der Waals surface area (Å²) in [6, 6.07) is 10.3. The monoisotopic (exact) mass is 343 g/mol. The number of amides is 3. The van der Waals surface area contributed by atoms with Crippen LogP contribution in [0.1, 0.15) is 29.8 Å². The number of carbonyl (C=O) groups excluding carboxylic acids is 3. The van der Waals surface area contributed by atoms with E-state index in [1.165, 1.54) is 38.1 Å². The Balaban J connectivity index is 2.16. The molecule has 0 unspecified atom stereocenters. The molecule has 6 nitrogen and oxygen atoms in total. The first kappa shape index (κ1) is 18.1. The quantitative estimate of drug-likeness (QED) is 0.780. The first-order chi connectivity index (χ1) is 11.8. The van der Waals surface area contributed by atoms with Gasteiger partial charge in [-0.2, -0.15) is 0 Å². The molecular formula is C18H18FN3O3. The summed E-state index contributed by atoms with van der Waals surface area (Å²) < 4.78 is 12.9. The van der Waals surface area contributed by atoms with Crippen molar-refractivity contribution in [3.8, 4) is 0 Å². The summed E-state index contributed by atoms with van der Waals surface area (Å²) in [6.07, 6.45) is 0. The molecule has 2 aromatic rings. The summed E-state index contributed by atoms with van der Waals surface area (Å²) in [5, 5.41) is 7.87. The number of rotatable bonds is 5. The fourth-order valence-electron chi connectivity index (χ4n) is 2.20. The SMILES string of the molecule is CC(=O)Nc1cc(NC(C)=O)cc(C(=O)NCc2ccc(F)cc2)c1. The van der Waals surface area contributed by atoms with E-state index in [9.17, 15) is 18.8 Å². The van der Waals surface area contributed by atoms with Gasteiger partial charge in [0.15, 0.2) is 0 Å². The molecule has 0 aromatic heterocycles. The molecule has 0 bridgehead atoms. The van der Waals surface area contributed by atoms with Crippen molar-refractivity contribution in [2.24, 2.45) is 0 Å². The summed E-state index contributed by atoms with van der Waals surface area (Å²) in [6.45, 7) is 2.91. The topological polar surface area (TPSA) is 87.3 Å². The van der Waals surface area contributed by atoms with Crippen LogP contribution in [0.3, 0.4) is 0 Å². The van der Waals surface area contributed by atoms with E-state index in [0.29, 0.717) is 11.4 Å². The third-order valence-corrected chi connectivity index (χ3v) is 3.20. The molecule has 3 amide bonds. The number of anilines is 2. The van der Waals surface area contributed by atoms with Crippen LogP contribution in [0.4, 0.5) is 15.8 Å². The van der Waals surface area contributed by atoms with Crippen LogP contribution in [0.25, 0.3) is 0 Å². The lowest BCUT2D eigenvalue weighted by atomic mass is 10.1.